The zero-order chi connectivity index (χ0) is 25.5. The molecule has 2 rings (SSSR count). The van der Waals surface area contributed by atoms with Crippen LogP contribution in [0.5, 0.6) is 11.5 Å². The molecule has 0 fully saturated rings. The smallest absolute Gasteiger partial charge is 0.308 e. The van der Waals surface area contributed by atoms with Crippen LogP contribution >= 0.6 is 0 Å². The Labute approximate surface area is 210 Å². The van der Waals surface area contributed by atoms with Crippen molar-refractivity contribution in [1.82, 2.24) is 0 Å². The molecule has 0 spiro atoms. The van der Waals surface area contributed by atoms with Crippen LogP contribution in [0.4, 0.5) is 0 Å². The average molecular weight is 473 g/mol. The van der Waals surface area contributed by atoms with Gasteiger partial charge in [0.2, 0.25) is 0 Å². The summed E-state index contributed by atoms with van der Waals surface area (Å²) in [6, 6.07) is 0. The molecule has 0 saturated carbocycles. The van der Waals surface area contributed by atoms with Gasteiger partial charge in [0.05, 0.1) is 0 Å². The maximum Gasteiger partial charge on any atom is 0.308 e. The van der Waals surface area contributed by atoms with Crippen LogP contribution in [0, 0.1) is 38.5 Å². The normalized spacial score (nSPS) is 19.5. The Morgan fingerprint density at radius 3 is 2.00 bits per heavy atom. The predicted octanol–water partition coefficient (Wildman–Crippen LogP) is 9.06. The van der Waals surface area contributed by atoms with E-state index in [4.69, 9.17) is 9.47 Å². The van der Waals surface area contributed by atoms with Gasteiger partial charge in [-0.15, -0.1) is 0 Å². The van der Waals surface area contributed by atoms with Crippen LogP contribution in [0.2, 0.25) is 0 Å². The highest BCUT2D eigenvalue weighted by molar-refractivity contribution is 5.72. The van der Waals surface area contributed by atoms with E-state index in [1.807, 2.05) is 6.92 Å². The Hall–Kier alpha value is -1.51. The van der Waals surface area contributed by atoms with Crippen LogP contribution in [0.3, 0.4) is 0 Å². The second kappa shape index (κ2) is 13.0. The van der Waals surface area contributed by atoms with Gasteiger partial charge in [0, 0.05) is 12.5 Å². The second-order valence-corrected chi connectivity index (χ2v) is 12.0. The molecular formula is C31H52O3. The van der Waals surface area contributed by atoms with Crippen LogP contribution in [0.15, 0.2) is 0 Å². The molecule has 3 heteroatoms. The average Bonchev–Trinajstić information content (AvgIpc) is 2.74. The topological polar surface area (TPSA) is 35.5 Å². The summed E-state index contributed by atoms with van der Waals surface area (Å²) in [4.78, 5) is 11.6. The van der Waals surface area contributed by atoms with Crippen LogP contribution in [0.25, 0.3) is 0 Å². The van der Waals surface area contributed by atoms with Crippen LogP contribution in [-0.2, 0) is 11.2 Å². The van der Waals surface area contributed by atoms with E-state index in [2.05, 4.69) is 48.5 Å². The Morgan fingerprint density at radius 1 is 0.882 bits per heavy atom. The molecule has 1 heterocycles. The van der Waals surface area contributed by atoms with Gasteiger partial charge in [0.1, 0.15) is 17.1 Å². The Balaban J connectivity index is 1.82. The van der Waals surface area contributed by atoms with E-state index < -0.39 is 0 Å². The molecule has 0 radical (unpaired) electrons. The van der Waals surface area contributed by atoms with E-state index >= 15 is 0 Å². The minimum absolute atomic E-state index is 0.107. The lowest BCUT2D eigenvalue weighted by atomic mass is 9.83. The Kier molecular flexibility index (Phi) is 11.0. The zero-order valence-corrected chi connectivity index (χ0v) is 23.7. The van der Waals surface area contributed by atoms with Gasteiger partial charge in [-0.25, -0.2) is 0 Å². The molecule has 0 saturated heterocycles. The van der Waals surface area contributed by atoms with Gasteiger partial charge in [-0.05, 0) is 87.8 Å². The third kappa shape index (κ3) is 8.31. The van der Waals surface area contributed by atoms with Gasteiger partial charge in [-0.2, -0.15) is 0 Å². The molecule has 194 valence electrons. The summed E-state index contributed by atoms with van der Waals surface area (Å²) >= 11 is 0. The number of benzene rings is 1. The summed E-state index contributed by atoms with van der Waals surface area (Å²) in [6.45, 7) is 19.5. The largest absolute Gasteiger partial charge is 0.487 e. The third-order valence-corrected chi connectivity index (χ3v) is 8.08. The number of ether oxygens (including phenoxy) is 2. The lowest BCUT2D eigenvalue weighted by Gasteiger charge is -2.38. The summed E-state index contributed by atoms with van der Waals surface area (Å²) in [5, 5.41) is 0. The fourth-order valence-electron chi connectivity index (χ4n) is 5.56. The summed E-state index contributed by atoms with van der Waals surface area (Å²) in [7, 11) is 0. The van der Waals surface area contributed by atoms with Crippen molar-refractivity contribution in [3.63, 3.8) is 0 Å². The molecule has 0 amide bonds. The minimum Gasteiger partial charge on any atom is -0.487 e. The zero-order valence-electron chi connectivity index (χ0n) is 23.7. The highest BCUT2D eigenvalue weighted by Crippen LogP contribution is 2.45. The Morgan fingerprint density at radius 2 is 1.44 bits per heavy atom. The molecule has 0 bridgehead atoms. The summed E-state index contributed by atoms with van der Waals surface area (Å²) in [5.74, 6) is 3.99. The van der Waals surface area contributed by atoms with Crippen LogP contribution < -0.4 is 9.47 Å². The number of esters is 1. The lowest BCUT2D eigenvalue weighted by Crippen LogP contribution is -2.37. The highest BCUT2D eigenvalue weighted by Gasteiger charge is 2.34. The van der Waals surface area contributed by atoms with Gasteiger partial charge in [-0.3, -0.25) is 4.79 Å². The third-order valence-electron chi connectivity index (χ3n) is 8.08. The van der Waals surface area contributed by atoms with Crippen LogP contribution in [-0.4, -0.2) is 11.6 Å². The molecule has 1 aliphatic rings. The van der Waals surface area contributed by atoms with Gasteiger partial charge < -0.3 is 9.47 Å². The summed E-state index contributed by atoms with van der Waals surface area (Å²) in [6.07, 6.45) is 13.9. The molecule has 1 aromatic carbocycles. The number of carbonyl (C=O) groups excluding carboxylic acids is 1. The molecule has 0 aliphatic carbocycles. The number of carbonyl (C=O) groups is 1. The molecule has 0 unspecified atom stereocenters. The van der Waals surface area contributed by atoms with Crippen molar-refractivity contribution in [1.29, 1.82) is 0 Å². The summed E-state index contributed by atoms with van der Waals surface area (Å²) in [5.41, 5.74) is 4.29. The van der Waals surface area contributed by atoms with Crippen molar-refractivity contribution in [2.24, 2.45) is 17.8 Å². The monoisotopic (exact) mass is 472 g/mol. The van der Waals surface area contributed by atoms with Gasteiger partial charge >= 0.3 is 5.97 Å². The fraction of sp³-hybridized carbons (Fsp3) is 0.774. The van der Waals surface area contributed by atoms with Crippen molar-refractivity contribution >= 4 is 5.97 Å². The number of fused-ring (bicyclic) bond motifs is 1. The number of hydrogen-bond acceptors (Lipinski definition) is 3. The predicted molar refractivity (Wildman–Crippen MR) is 144 cm³/mol. The Bertz CT molecular complexity index is 810. The SMILES string of the molecule is CC(=O)Oc1c(C)c(C)c2c(c1C)CC[C@@](C)(CCC[C@@H](C)CCC[C@H](C)CCCC(C)C)O2. The molecule has 1 aromatic rings. The molecule has 0 aromatic heterocycles. The van der Waals surface area contributed by atoms with Gasteiger partial charge in [0.25, 0.3) is 0 Å². The van der Waals surface area contributed by atoms with E-state index in [1.54, 1.807) is 0 Å². The molecule has 1 aliphatic heterocycles. The quantitative estimate of drug-likeness (QED) is 0.212. The standard InChI is InChI=1S/C31H52O3/c1-21(2)13-10-14-22(3)15-11-16-23(4)17-12-19-31(9)20-18-28-26(7)29(33-27(8)32)24(5)25(6)30(28)34-31/h21-23H,10-20H2,1-9H3/t22-,23+,31-/m1/s1. The molecule has 3 nitrogen and oxygen atoms in total. The van der Waals surface area contributed by atoms with Gasteiger partial charge in [0.15, 0.2) is 0 Å². The van der Waals surface area contributed by atoms with Crippen LogP contribution in [0.1, 0.15) is 128 Å². The maximum absolute atomic E-state index is 11.6. The van der Waals surface area contributed by atoms with Crippen molar-refractivity contribution in [2.75, 3.05) is 0 Å². The van der Waals surface area contributed by atoms with Crippen molar-refractivity contribution < 1.29 is 14.3 Å². The van der Waals surface area contributed by atoms with Crippen molar-refractivity contribution in [3.05, 3.63) is 22.3 Å². The van der Waals surface area contributed by atoms with E-state index in [0.717, 1.165) is 65.2 Å². The minimum atomic E-state index is -0.262. The molecular weight excluding hydrogens is 420 g/mol. The number of rotatable bonds is 13. The van der Waals surface area contributed by atoms with E-state index in [1.165, 1.54) is 63.9 Å². The molecule has 0 N–H and O–H groups in total. The second-order valence-electron chi connectivity index (χ2n) is 12.0. The first-order chi connectivity index (χ1) is 15.9. The fourth-order valence-corrected chi connectivity index (χ4v) is 5.56. The first-order valence-corrected chi connectivity index (χ1v) is 13.9. The first-order valence-electron chi connectivity index (χ1n) is 13.9. The first kappa shape index (κ1) is 28.7. The van der Waals surface area contributed by atoms with E-state index in [-0.39, 0.29) is 11.6 Å². The van der Waals surface area contributed by atoms with Gasteiger partial charge in [-0.1, -0.05) is 72.6 Å². The van der Waals surface area contributed by atoms with Crippen molar-refractivity contribution in [3.8, 4) is 11.5 Å². The van der Waals surface area contributed by atoms with Crippen molar-refractivity contribution in [2.45, 2.75) is 139 Å². The maximum atomic E-state index is 11.6. The number of hydrogen-bond donors (Lipinski definition) is 0. The van der Waals surface area contributed by atoms with E-state index in [0.29, 0.717) is 0 Å². The lowest BCUT2D eigenvalue weighted by molar-refractivity contribution is -0.132. The van der Waals surface area contributed by atoms with E-state index in [9.17, 15) is 4.79 Å². The molecule has 34 heavy (non-hydrogen) atoms. The highest BCUT2D eigenvalue weighted by atomic mass is 16.5. The summed E-state index contributed by atoms with van der Waals surface area (Å²) < 4.78 is 12.2. The molecule has 3 atom stereocenters.